The molecule has 1 aromatic carbocycles. The molecule has 3 heterocycles. The van der Waals surface area contributed by atoms with Crippen LogP contribution < -0.4 is 11.0 Å². The fraction of sp³-hybridized carbons (Fsp3) is 0.125. The fourth-order valence-electron chi connectivity index (χ4n) is 2.48. The molecule has 8 heteroatoms. The quantitative estimate of drug-likeness (QED) is 0.531. The molecule has 3 aromatic heterocycles. The van der Waals surface area contributed by atoms with E-state index in [1.165, 1.54) is 6.33 Å². The third-order valence-corrected chi connectivity index (χ3v) is 4.76. The first-order valence-electron chi connectivity index (χ1n) is 7.42. The van der Waals surface area contributed by atoms with Gasteiger partial charge in [0.2, 0.25) is 0 Å². The summed E-state index contributed by atoms with van der Waals surface area (Å²) in [5, 5.41) is 10.5. The Morgan fingerprint density at radius 3 is 2.79 bits per heavy atom. The van der Waals surface area contributed by atoms with Crippen LogP contribution in [0.3, 0.4) is 0 Å². The minimum atomic E-state index is -0.326. The lowest BCUT2D eigenvalue weighted by Gasteiger charge is -2.11. The molecule has 0 aliphatic heterocycles. The van der Waals surface area contributed by atoms with Gasteiger partial charge in [-0.2, -0.15) is 5.10 Å². The molecule has 3 N–H and O–H groups in total. The van der Waals surface area contributed by atoms with Crippen LogP contribution in [0.4, 0.5) is 5.82 Å². The van der Waals surface area contributed by atoms with E-state index in [2.05, 4.69) is 48.7 Å². The van der Waals surface area contributed by atoms with Crippen molar-refractivity contribution in [1.82, 2.24) is 25.1 Å². The SMILES string of the molecule is C[C@@H](Nc1ncnc2sc(-c3ccccc3)cc12)c1n[nH]c(=O)[nH]1. The van der Waals surface area contributed by atoms with Crippen LogP contribution in [0.15, 0.2) is 47.5 Å². The molecule has 0 fully saturated rings. The van der Waals surface area contributed by atoms with Gasteiger partial charge in [0.1, 0.15) is 17.0 Å². The first-order chi connectivity index (χ1) is 11.7. The van der Waals surface area contributed by atoms with Crippen LogP contribution in [0.25, 0.3) is 20.7 Å². The topological polar surface area (TPSA) is 99.3 Å². The van der Waals surface area contributed by atoms with Crippen molar-refractivity contribution in [2.45, 2.75) is 13.0 Å². The maximum absolute atomic E-state index is 11.2. The number of aromatic nitrogens is 5. The number of hydrogen-bond donors (Lipinski definition) is 3. The van der Waals surface area contributed by atoms with E-state index in [9.17, 15) is 4.79 Å². The van der Waals surface area contributed by atoms with E-state index in [4.69, 9.17) is 0 Å². The van der Waals surface area contributed by atoms with Crippen molar-refractivity contribution in [3.05, 3.63) is 59.0 Å². The van der Waals surface area contributed by atoms with E-state index in [-0.39, 0.29) is 11.7 Å². The van der Waals surface area contributed by atoms with Crippen molar-refractivity contribution in [2.75, 3.05) is 5.32 Å². The summed E-state index contributed by atoms with van der Waals surface area (Å²) in [6, 6.07) is 12.1. The van der Waals surface area contributed by atoms with Crippen molar-refractivity contribution in [3.63, 3.8) is 0 Å². The van der Waals surface area contributed by atoms with Crippen LogP contribution in [0, 0.1) is 0 Å². The van der Waals surface area contributed by atoms with Gasteiger partial charge in [-0.1, -0.05) is 30.3 Å². The molecular weight excluding hydrogens is 324 g/mol. The third-order valence-electron chi connectivity index (χ3n) is 3.67. The highest BCUT2D eigenvalue weighted by Crippen LogP contribution is 2.35. The van der Waals surface area contributed by atoms with Crippen molar-refractivity contribution in [1.29, 1.82) is 0 Å². The molecular formula is C16H14N6OS. The van der Waals surface area contributed by atoms with E-state index < -0.39 is 0 Å². The van der Waals surface area contributed by atoms with E-state index >= 15 is 0 Å². The van der Waals surface area contributed by atoms with Crippen LogP contribution in [0.1, 0.15) is 18.8 Å². The maximum atomic E-state index is 11.2. The number of benzene rings is 1. The van der Waals surface area contributed by atoms with Crippen molar-refractivity contribution < 1.29 is 0 Å². The first kappa shape index (κ1) is 14.6. The Labute approximate surface area is 140 Å². The van der Waals surface area contributed by atoms with Gasteiger partial charge in [-0.25, -0.2) is 19.9 Å². The number of hydrogen-bond acceptors (Lipinski definition) is 6. The van der Waals surface area contributed by atoms with Crippen LogP contribution in [0.2, 0.25) is 0 Å². The maximum Gasteiger partial charge on any atom is 0.340 e. The zero-order valence-corrected chi connectivity index (χ0v) is 13.6. The van der Waals surface area contributed by atoms with Gasteiger partial charge in [-0.05, 0) is 18.6 Å². The number of H-pyrrole nitrogens is 2. The van der Waals surface area contributed by atoms with Gasteiger partial charge in [0.25, 0.3) is 0 Å². The monoisotopic (exact) mass is 338 g/mol. The Kier molecular flexibility index (Phi) is 3.58. The highest BCUT2D eigenvalue weighted by atomic mass is 32.1. The van der Waals surface area contributed by atoms with E-state index in [1.807, 2.05) is 25.1 Å². The van der Waals surface area contributed by atoms with Gasteiger partial charge < -0.3 is 5.32 Å². The molecule has 0 saturated carbocycles. The van der Waals surface area contributed by atoms with Gasteiger partial charge in [-0.15, -0.1) is 11.3 Å². The minimum absolute atomic E-state index is 0.192. The number of rotatable bonds is 4. The molecule has 1 atom stereocenters. The number of thiophene rings is 1. The lowest BCUT2D eigenvalue weighted by molar-refractivity contribution is 0.791. The number of anilines is 1. The summed E-state index contributed by atoms with van der Waals surface area (Å²) >= 11 is 1.62. The standard InChI is InChI=1S/C16H14N6OS/c1-9(13-20-16(23)22-21-13)19-14-11-7-12(10-5-3-2-4-6-10)24-15(11)18-8-17-14/h2-9H,1H3,(H,17,18,19)(H2,20,21,22,23)/t9-/m1/s1. The summed E-state index contributed by atoms with van der Waals surface area (Å²) in [7, 11) is 0. The highest BCUT2D eigenvalue weighted by molar-refractivity contribution is 7.21. The predicted molar refractivity (Wildman–Crippen MR) is 94.1 cm³/mol. The Morgan fingerprint density at radius 1 is 1.21 bits per heavy atom. The Morgan fingerprint density at radius 2 is 2.04 bits per heavy atom. The molecule has 0 amide bonds. The van der Waals surface area contributed by atoms with Gasteiger partial charge >= 0.3 is 5.69 Å². The van der Waals surface area contributed by atoms with Crippen molar-refractivity contribution in [3.8, 4) is 10.4 Å². The van der Waals surface area contributed by atoms with Crippen molar-refractivity contribution >= 4 is 27.4 Å². The van der Waals surface area contributed by atoms with E-state index in [1.54, 1.807) is 11.3 Å². The minimum Gasteiger partial charge on any atom is -0.360 e. The molecule has 4 rings (SSSR count). The summed E-state index contributed by atoms with van der Waals surface area (Å²) in [5.74, 6) is 1.25. The van der Waals surface area contributed by atoms with Crippen LogP contribution in [-0.2, 0) is 0 Å². The Bertz CT molecular complexity index is 1040. The van der Waals surface area contributed by atoms with Crippen molar-refractivity contribution in [2.24, 2.45) is 0 Å². The fourth-order valence-corrected chi connectivity index (χ4v) is 3.48. The van der Waals surface area contributed by atoms with Gasteiger partial charge in [-0.3, -0.25) is 4.98 Å². The largest absolute Gasteiger partial charge is 0.360 e. The number of nitrogens with zero attached hydrogens (tertiary/aromatic N) is 3. The summed E-state index contributed by atoms with van der Waals surface area (Å²) in [6.45, 7) is 1.91. The second-order valence-corrected chi connectivity index (χ2v) is 6.38. The van der Waals surface area contributed by atoms with Crippen LogP contribution in [0.5, 0.6) is 0 Å². The molecule has 120 valence electrons. The molecule has 24 heavy (non-hydrogen) atoms. The Hall–Kier alpha value is -3.00. The molecule has 0 aliphatic carbocycles. The Balaban J connectivity index is 1.71. The summed E-state index contributed by atoms with van der Waals surface area (Å²) < 4.78 is 0. The second-order valence-electron chi connectivity index (χ2n) is 5.35. The average molecular weight is 338 g/mol. The smallest absolute Gasteiger partial charge is 0.340 e. The van der Waals surface area contributed by atoms with Crippen LogP contribution in [-0.4, -0.2) is 25.1 Å². The average Bonchev–Trinajstić information content (AvgIpc) is 3.22. The van der Waals surface area contributed by atoms with E-state index in [0.29, 0.717) is 5.82 Å². The van der Waals surface area contributed by atoms with Gasteiger partial charge in [0, 0.05) is 4.88 Å². The number of nitrogens with one attached hydrogen (secondary N) is 3. The zero-order valence-electron chi connectivity index (χ0n) is 12.8. The lowest BCUT2D eigenvalue weighted by Crippen LogP contribution is -2.11. The zero-order chi connectivity index (χ0) is 16.5. The molecule has 0 spiro atoms. The summed E-state index contributed by atoms with van der Waals surface area (Å²) in [5.41, 5.74) is 0.824. The predicted octanol–water partition coefficient (Wildman–Crippen LogP) is 2.94. The number of fused-ring (bicyclic) bond motifs is 1. The molecule has 0 aliphatic rings. The second kappa shape index (κ2) is 5.89. The molecule has 0 bridgehead atoms. The molecule has 0 saturated heterocycles. The molecule has 4 aromatic rings. The summed E-state index contributed by atoms with van der Waals surface area (Å²) in [4.78, 5) is 24.6. The summed E-state index contributed by atoms with van der Waals surface area (Å²) in [6.07, 6.45) is 1.54. The molecule has 0 radical (unpaired) electrons. The molecule has 7 nitrogen and oxygen atoms in total. The molecule has 0 unspecified atom stereocenters. The third kappa shape index (κ3) is 2.67. The highest BCUT2D eigenvalue weighted by Gasteiger charge is 2.14. The van der Waals surface area contributed by atoms with Crippen LogP contribution >= 0.6 is 11.3 Å². The normalized spacial score (nSPS) is 12.4. The van der Waals surface area contributed by atoms with E-state index in [0.717, 1.165) is 26.5 Å². The van der Waals surface area contributed by atoms with Gasteiger partial charge in [0.15, 0.2) is 5.82 Å². The number of aromatic amines is 2. The van der Waals surface area contributed by atoms with Gasteiger partial charge in [0.05, 0.1) is 11.4 Å². The first-order valence-corrected chi connectivity index (χ1v) is 8.23. The lowest BCUT2D eigenvalue weighted by atomic mass is 10.2.